The minimum atomic E-state index is -4.00. The predicted octanol–water partition coefficient (Wildman–Crippen LogP) is 1.67. The van der Waals surface area contributed by atoms with Gasteiger partial charge in [-0.1, -0.05) is 25.3 Å². The molecule has 1 aliphatic carbocycles. The Kier molecular flexibility index (Phi) is 7.72. The van der Waals surface area contributed by atoms with Gasteiger partial charge in [-0.15, -0.1) is 0 Å². The van der Waals surface area contributed by atoms with Gasteiger partial charge in [0.1, 0.15) is 6.04 Å². The molecule has 0 radical (unpaired) electrons. The highest BCUT2D eigenvalue weighted by molar-refractivity contribution is 7.89. The van der Waals surface area contributed by atoms with Crippen molar-refractivity contribution in [3.63, 3.8) is 0 Å². The van der Waals surface area contributed by atoms with E-state index < -0.39 is 40.7 Å². The summed E-state index contributed by atoms with van der Waals surface area (Å²) in [5, 5.41) is 12.8. The molecular weight excluding hydrogens is 420 g/mol. The molecule has 1 aromatic carbocycles. The number of nitrogens with one attached hydrogen (secondary N) is 1. The Labute approximate surface area is 184 Å². The number of benzene rings is 1. The second-order valence-electron chi connectivity index (χ2n) is 8.64. The van der Waals surface area contributed by atoms with Crippen LogP contribution >= 0.6 is 0 Å². The number of nitrogens with zero attached hydrogens (tertiary/aromatic N) is 1. The lowest BCUT2D eigenvalue weighted by atomic mass is 9.89. The van der Waals surface area contributed by atoms with Gasteiger partial charge in [-0.25, -0.2) is 8.42 Å². The van der Waals surface area contributed by atoms with Gasteiger partial charge >= 0.3 is 5.97 Å². The van der Waals surface area contributed by atoms with Crippen molar-refractivity contribution in [3.8, 4) is 0 Å². The second-order valence-corrected chi connectivity index (χ2v) is 10.5. The number of carbonyl (C=O) groups is 2. The van der Waals surface area contributed by atoms with Crippen molar-refractivity contribution in [3.05, 3.63) is 29.3 Å². The number of amides is 1. The van der Waals surface area contributed by atoms with Crippen molar-refractivity contribution in [2.45, 2.75) is 69.4 Å². The zero-order valence-corrected chi connectivity index (χ0v) is 19.0. The van der Waals surface area contributed by atoms with Gasteiger partial charge in [0.2, 0.25) is 10.0 Å². The summed E-state index contributed by atoms with van der Waals surface area (Å²) in [7, 11) is -4.00. The van der Waals surface area contributed by atoms with E-state index in [0.29, 0.717) is 12.5 Å². The highest BCUT2D eigenvalue weighted by Crippen LogP contribution is 2.28. The Hall–Kier alpha value is -1.97. The van der Waals surface area contributed by atoms with Crippen molar-refractivity contribution >= 4 is 21.9 Å². The lowest BCUT2D eigenvalue weighted by Gasteiger charge is -2.23. The third kappa shape index (κ3) is 5.84. The Bertz CT molecular complexity index is 911. The largest absolute Gasteiger partial charge is 0.454 e. The fourth-order valence-corrected chi connectivity index (χ4v) is 5.92. The van der Waals surface area contributed by atoms with E-state index >= 15 is 0 Å². The minimum Gasteiger partial charge on any atom is -0.454 e. The van der Waals surface area contributed by atoms with Gasteiger partial charge in [-0.3, -0.25) is 9.59 Å². The number of β-amino-alcohol motifs (C(OH)–C–C–N with tert-alkyl or cyclic N) is 1. The van der Waals surface area contributed by atoms with E-state index in [1.807, 2.05) is 13.8 Å². The minimum absolute atomic E-state index is 0.0627. The van der Waals surface area contributed by atoms with Crippen molar-refractivity contribution in [2.75, 3.05) is 19.7 Å². The van der Waals surface area contributed by atoms with Crippen LogP contribution in [0.2, 0.25) is 0 Å². The molecule has 3 rings (SSSR count). The van der Waals surface area contributed by atoms with E-state index in [4.69, 9.17) is 4.74 Å². The topological polar surface area (TPSA) is 113 Å². The molecule has 1 unspecified atom stereocenters. The van der Waals surface area contributed by atoms with Gasteiger partial charge in [0.25, 0.3) is 5.91 Å². The van der Waals surface area contributed by atoms with E-state index in [1.165, 1.54) is 25.3 Å². The van der Waals surface area contributed by atoms with Crippen LogP contribution in [0.1, 0.15) is 49.7 Å². The molecule has 1 saturated heterocycles. The van der Waals surface area contributed by atoms with E-state index in [2.05, 4.69) is 5.32 Å². The summed E-state index contributed by atoms with van der Waals surface area (Å²) in [5.41, 5.74) is 1.77. The smallest absolute Gasteiger partial charge is 0.325 e. The Morgan fingerprint density at radius 2 is 1.87 bits per heavy atom. The maximum atomic E-state index is 13.1. The zero-order valence-electron chi connectivity index (χ0n) is 18.2. The normalized spacial score (nSPS) is 22.9. The quantitative estimate of drug-likeness (QED) is 0.609. The molecule has 1 aliphatic heterocycles. The number of aliphatic hydroxyl groups excluding tert-OH is 1. The van der Waals surface area contributed by atoms with Crippen molar-refractivity contribution in [1.82, 2.24) is 9.62 Å². The molecule has 1 aromatic rings. The summed E-state index contributed by atoms with van der Waals surface area (Å²) in [6.07, 6.45) is 4.72. The third-order valence-corrected chi connectivity index (χ3v) is 8.12. The molecule has 1 saturated carbocycles. The molecule has 2 N–H and O–H groups in total. The third-order valence-electron chi connectivity index (χ3n) is 6.25. The number of sulfonamides is 1. The number of aliphatic hydroxyl groups is 1. The molecule has 172 valence electrons. The molecule has 1 heterocycles. The van der Waals surface area contributed by atoms with Crippen LogP contribution in [0.5, 0.6) is 0 Å². The van der Waals surface area contributed by atoms with Crippen molar-refractivity contribution in [2.24, 2.45) is 5.92 Å². The van der Waals surface area contributed by atoms with Crippen LogP contribution in [-0.4, -0.2) is 61.5 Å². The van der Waals surface area contributed by atoms with Crippen molar-refractivity contribution in [1.29, 1.82) is 0 Å². The van der Waals surface area contributed by atoms with Crippen LogP contribution in [0.4, 0.5) is 0 Å². The molecule has 2 aliphatic rings. The van der Waals surface area contributed by atoms with E-state index in [-0.39, 0.29) is 17.9 Å². The molecule has 0 spiro atoms. The molecule has 31 heavy (non-hydrogen) atoms. The lowest BCUT2D eigenvalue weighted by molar-refractivity contribution is -0.151. The lowest BCUT2D eigenvalue weighted by Crippen LogP contribution is -2.42. The van der Waals surface area contributed by atoms with Gasteiger partial charge in [-0.2, -0.15) is 4.31 Å². The van der Waals surface area contributed by atoms with E-state index in [0.717, 1.165) is 28.3 Å². The maximum Gasteiger partial charge on any atom is 0.325 e. The highest BCUT2D eigenvalue weighted by Gasteiger charge is 2.44. The first-order valence-electron chi connectivity index (χ1n) is 10.9. The number of aryl methyl sites for hydroxylation is 2. The first-order chi connectivity index (χ1) is 14.7. The summed E-state index contributed by atoms with van der Waals surface area (Å²) in [5.74, 6) is -0.769. The van der Waals surface area contributed by atoms with Gasteiger partial charge in [0.05, 0.1) is 11.0 Å². The van der Waals surface area contributed by atoms with Crippen molar-refractivity contribution < 1.29 is 27.9 Å². The summed E-state index contributed by atoms with van der Waals surface area (Å²) in [6.45, 7) is 3.60. The first-order valence-corrected chi connectivity index (χ1v) is 12.3. The number of hydrogen-bond acceptors (Lipinski definition) is 6. The maximum absolute atomic E-state index is 13.1. The van der Waals surface area contributed by atoms with Gasteiger partial charge in [0.15, 0.2) is 6.61 Å². The zero-order chi connectivity index (χ0) is 22.6. The van der Waals surface area contributed by atoms with Gasteiger partial charge < -0.3 is 15.2 Å². The fourth-order valence-electron chi connectivity index (χ4n) is 4.21. The molecule has 2 atom stereocenters. The van der Waals surface area contributed by atoms with Crippen LogP contribution in [0.15, 0.2) is 23.1 Å². The standard InChI is InChI=1S/C22H32N2O6S/c1-15-8-9-19(10-16(15)2)31(28,29)24-13-18(25)11-20(24)22(27)30-14-21(26)23-12-17-6-4-3-5-7-17/h8-10,17-18,20,25H,3-7,11-14H2,1-2H3,(H,23,26)/t18?,20-/m0/s1. The Morgan fingerprint density at radius 3 is 2.55 bits per heavy atom. The Morgan fingerprint density at radius 1 is 1.16 bits per heavy atom. The average Bonchev–Trinajstić information content (AvgIpc) is 3.16. The monoisotopic (exact) mass is 452 g/mol. The van der Waals surface area contributed by atoms with Gasteiger partial charge in [0, 0.05) is 19.5 Å². The molecular formula is C22H32N2O6S. The average molecular weight is 453 g/mol. The van der Waals surface area contributed by atoms with Crippen LogP contribution in [0.3, 0.4) is 0 Å². The number of carbonyl (C=O) groups excluding carboxylic acids is 2. The van der Waals surface area contributed by atoms with Gasteiger partial charge in [-0.05, 0) is 55.9 Å². The highest BCUT2D eigenvalue weighted by atomic mass is 32.2. The summed E-state index contributed by atoms with van der Waals surface area (Å²) < 4.78 is 32.3. The summed E-state index contributed by atoms with van der Waals surface area (Å²) in [4.78, 5) is 24.7. The number of rotatable bonds is 7. The second kappa shape index (κ2) is 10.1. The SMILES string of the molecule is Cc1ccc(S(=O)(=O)N2CC(O)C[C@H]2C(=O)OCC(=O)NCC2CCCCC2)cc1C. The molecule has 0 bridgehead atoms. The van der Waals surface area contributed by atoms with Crippen LogP contribution in [0.25, 0.3) is 0 Å². The van der Waals surface area contributed by atoms with Crippen LogP contribution in [-0.2, 0) is 24.3 Å². The number of hydrogen-bond donors (Lipinski definition) is 2. The fraction of sp³-hybridized carbons (Fsp3) is 0.636. The predicted molar refractivity (Wildman–Crippen MR) is 115 cm³/mol. The van der Waals surface area contributed by atoms with Crippen LogP contribution in [0, 0.1) is 19.8 Å². The molecule has 2 fully saturated rings. The summed E-state index contributed by atoms with van der Waals surface area (Å²) in [6, 6.07) is 3.59. The number of esters is 1. The summed E-state index contributed by atoms with van der Waals surface area (Å²) >= 11 is 0. The van der Waals surface area contributed by atoms with E-state index in [1.54, 1.807) is 12.1 Å². The molecule has 0 aromatic heterocycles. The number of ether oxygens (including phenoxy) is 1. The molecule has 1 amide bonds. The first kappa shape index (κ1) is 23.7. The molecule has 8 nitrogen and oxygen atoms in total. The van der Waals surface area contributed by atoms with Crippen LogP contribution < -0.4 is 5.32 Å². The van der Waals surface area contributed by atoms with E-state index in [9.17, 15) is 23.1 Å². The Balaban J connectivity index is 1.60. The molecule has 9 heteroatoms.